The van der Waals surface area contributed by atoms with E-state index < -0.39 is 5.41 Å². The molecule has 0 fully saturated rings. The summed E-state index contributed by atoms with van der Waals surface area (Å²) >= 11 is 0. The van der Waals surface area contributed by atoms with Crippen LogP contribution >= 0.6 is 0 Å². The van der Waals surface area contributed by atoms with Crippen LogP contribution in [0.5, 0.6) is 11.5 Å². The molecule has 1 aromatic heterocycles. The van der Waals surface area contributed by atoms with E-state index >= 15 is 0 Å². The van der Waals surface area contributed by atoms with Crippen LogP contribution < -0.4 is 14.5 Å². The van der Waals surface area contributed by atoms with Gasteiger partial charge in [0, 0.05) is 38.9 Å². The number of nitrogens with zero attached hydrogens (tertiary/aromatic N) is 3. The molecule has 0 amide bonds. The van der Waals surface area contributed by atoms with Gasteiger partial charge in [-0.3, -0.25) is 0 Å². The third-order valence-electron chi connectivity index (χ3n) is 17.0. The van der Waals surface area contributed by atoms with Crippen molar-refractivity contribution in [2.75, 3.05) is 9.80 Å². The number of hydrogen-bond acceptors (Lipinski definition) is 3. The van der Waals surface area contributed by atoms with E-state index in [1.165, 1.54) is 94.3 Å². The summed E-state index contributed by atoms with van der Waals surface area (Å²) < 4.78 is 9.22. The number of ether oxygens (including phenoxy) is 1. The van der Waals surface area contributed by atoms with E-state index in [2.05, 4.69) is 265 Å². The van der Waals surface area contributed by atoms with Crippen LogP contribution in [0.25, 0.3) is 55.3 Å². The summed E-state index contributed by atoms with van der Waals surface area (Å²) in [6.07, 6.45) is 6.83. The summed E-state index contributed by atoms with van der Waals surface area (Å²) in [5.74, 6) is 1.75. The van der Waals surface area contributed by atoms with E-state index in [9.17, 15) is 0 Å². The third-order valence-corrected chi connectivity index (χ3v) is 17.0. The first-order chi connectivity index (χ1) is 36.5. The number of rotatable bonds is 5. The van der Waals surface area contributed by atoms with Gasteiger partial charge in [-0.1, -0.05) is 159 Å². The summed E-state index contributed by atoms with van der Waals surface area (Å²) in [4.78, 5) is 4.96. The van der Waals surface area contributed by atoms with E-state index in [4.69, 9.17) is 4.74 Å². The van der Waals surface area contributed by atoms with Gasteiger partial charge in [0.2, 0.25) is 0 Å². The van der Waals surface area contributed by atoms with Gasteiger partial charge in [-0.2, -0.15) is 0 Å². The maximum Gasteiger partial charge on any atom is 0.151 e. The Morgan fingerprint density at radius 2 is 1.11 bits per heavy atom. The predicted molar refractivity (Wildman–Crippen MR) is 305 cm³/mol. The zero-order valence-corrected chi connectivity index (χ0v) is 41.2. The molecule has 4 nitrogen and oxygen atoms in total. The number of aromatic nitrogens is 1. The van der Waals surface area contributed by atoms with Crippen LogP contribution in [0.2, 0.25) is 0 Å². The lowest BCUT2D eigenvalue weighted by molar-refractivity contribution is 0.473. The molecule has 350 valence electrons. The summed E-state index contributed by atoms with van der Waals surface area (Å²) in [5, 5.41) is 2.50. The highest BCUT2D eigenvalue weighted by atomic mass is 16.5. The highest BCUT2D eigenvalue weighted by Crippen LogP contribution is 2.67. The van der Waals surface area contributed by atoms with Crippen molar-refractivity contribution in [3.05, 3.63) is 276 Å². The monoisotopic (exact) mass is 947 g/mol. The summed E-state index contributed by atoms with van der Waals surface area (Å²) in [6, 6.07) is 83.4. The molecule has 4 heteroatoms. The highest BCUT2D eigenvalue weighted by Gasteiger charge is 2.54. The topological polar surface area (TPSA) is 20.6 Å². The minimum absolute atomic E-state index is 0.165. The first-order valence-corrected chi connectivity index (χ1v) is 26.1. The van der Waals surface area contributed by atoms with Gasteiger partial charge in [0.25, 0.3) is 0 Å². The molecule has 0 radical (unpaired) electrons. The van der Waals surface area contributed by atoms with E-state index in [-0.39, 0.29) is 5.41 Å². The average Bonchev–Trinajstić information content (AvgIpc) is 4.09. The predicted octanol–water partition coefficient (Wildman–Crippen LogP) is 18.6. The smallest absolute Gasteiger partial charge is 0.151 e. The molecular weight excluding hydrogens is 899 g/mol. The Morgan fingerprint density at radius 1 is 0.459 bits per heavy atom. The zero-order chi connectivity index (χ0) is 48.9. The zero-order valence-electron chi connectivity index (χ0n) is 41.2. The van der Waals surface area contributed by atoms with Crippen molar-refractivity contribution >= 4 is 61.5 Å². The highest BCUT2D eigenvalue weighted by molar-refractivity contribution is 6.10. The van der Waals surface area contributed by atoms with Gasteiger partial charge in [-0.05, 0) is 171 Å². The molecule has 1 spiro atoms. The van der Waals surface area contributed by atoms with Crippen molar-refractivity contribution < 1.29 is 4.74 Å². The summed E-state index contributed by atoms with van der Waals surface area (Å²) in [7, 11) is 0. The van der Waals surface area contributed by atoms with Crippen LogP contribution in [0.1, 0.15) is 60.1 Å². The number of anilines is 6. The minimum atomic E-state index is -0.592. The number of hydrogen-bond donors (Lipinski definition) is 0. The lowest BCUT2D eigenvalue weighted by Crippen LogP contribution is -2.38. The lowest BCUT2D eigenvalue weighted by atomic mass is 9.63. The van der Waals surface area contributed by atoms with Crippen LogP contribution in [-0.2, 0) is 10.8 Å². The minimum Gasteiger partial charge on any atom is -0.453 e. The second-order valence-corrected chi connectivity index (χ2v) is 21.1. The molecule has 0 saturated heterocycles. The Balaban J connectivity index is 0.893. The first kappa shape index (κ1) is 41.5. The van der Waals surface area contributed by atoms with Gasteiger partial charge in [-0.15, -0.1) is 0 Å². The molecule has 3 aliphatic carbocycles. The molecule has 0 saturated carbocycles. The normalized spacial score (nSPS) is 16.8. The second kappa shape index (κ2) is 15.2. The van der Waals surface area contributed by atoms with Crippen LogP contribution in [0.15, 0.2) is 242 Å². The van der Waals surface area contributed by atoms with E-state index in [1.807, 2.05) is 0 Å². The molecule has 16 rings (SSSR count). The lowest BCUT2D eigenvalue weighted by Gasteiger charge is -2.47. The maximum absolute atomic E-state index is 6.84. The van der Waals surface area contributed by atoms with Gasteiger partial charge in [0.15, 0.2) is 11.5 Å². The molecule has 0 N–H and O–H groups in total. The summed E-state index contributed by atoms with van der Waals surface area (Å²) in [5.41, 5.74) is 25.2. The second-order valence-electron chi connectivity index (χ2n) is 21.1. The van der Waals surface area contributed by atoms with Crippen molar-refractivity contribution in [2.45, 2.75) is 37.5 Å². The first-order valence-electron chi connectivity index (χ1n) is 26.1. The standard InChI is InChI=1S/C70H49N3O/c1-69(2)56-22-9-6-19-50(56)52-38-36-48(42-60(52)69)71(47-34-31-44(32-35-47)45-33-40-63-55(41-45)54-21-8-12-26-62(54)72(63)46-17-4-3-5-18-46)49-37-39-53-51-20-7-10-23-57(51)70(61(53)43-49)58-24-11-13-27-64(58)73-65-28-14-15-29-66(65)74-67-30-16-25-59(70)68(67)73/h3-6,8-19,21-43H,7,20H2,1-2H3. The average molecular weight is 948 g/mol. The van der Waals surface area contributed by atoms with Crippen molar-refractivity contribution in [3.8, 4) is 39.4 Å². The Morgan fingerprint density at radius 3 is 1.97 bits per heavy atom. The molecule has 10 aromatic carbocycles. The van der Waals surface area contributed by atoms with Gasteiger partial charge in [0.1, 0.15) is 0 Å². The number of allylic oxidation sites excluding steroid dienone is 4. The molecule has 74 heavy (non-hydrogen) atoms. The third kappa shape index (κ3) is 5.52. The Bertz CT molecular complexity index is 4270. The van der Waals surface area contributed by atoms with E-state index in [1.54, 1.807) is 0 Å². The van der Waals surface area contributed by atoms with Crippen LogP contribution in [0.4, 0.5) is 34.1 Å². The van der Waals surface area contributed by atoms with E-state index in [0.29, 0.717) is 0 Å². The largest absolute Gasteiger partial charge is 0.453 e. The maximum atomic E-state index is 6.84. The SMILES string of the molecule is CC1(C)c2ccccc2-c2ccc(N(c3ccc(-c4ccc5c(c4)c4ccccc4n5-c4ccccc4)cc3)c3ccc4c(c3)C3(C5=C4CCC=C5)c4ccccc4N4c5ccccc5Oc5cccc3c54)cc21. The Hall–Kier alpha value is -9.12. The van der Waals surface area contributed by atoms with Gasteiger partial charge in [-0.25, -0.2) is 0 Å². The number of para-hydroxylation sites is 6. The van der Waals surface area contributed by atoms with Gasteiger partial charge in [0.05, 0.1) is 33.5 Å². The molecule has 2 aliphatic heterocycles. The molecular formula is C70H49N3O. The summed E-state index contributed by atoms with van der Waals surface area (Å²) in [6.45, 7) is 4.76. The Labute approximate surface area is 431 Å². The van der Waals surface area contributed by atoms with Crippen LogP contribution in [0.3, 0.4) is 0 Å². The fourth-order valence-corrected chi connectivity index (χ4v) is 13.8. The molecule has 1 unspecified atom stereocenters. The molecule has 5 aliphatic rings. The van der Waals surface area contributed by atoms with Crippen LogP contribution in [-0.4, -0.2) is 4.57 Å². The van der Waals surface area contributed by atoms with Crippen LogP contribution in [0, 0.1) is 0 Å². The van der Waals surface area contributed by atoms with Crippen molar-refractivity contribution in [2.24, 2.45) is 0 Å². The fourth-order valence-electron chi connectivity index (χ4n) is 13.8. The van der Waals surface area contributed by atoms with Gasteiger partial charge < -0.3 is 19.1 Å². The fraction of sp³-hybridized carbons (Fsp3) is 0.0857. The number of benzene rings is 10. The van der Waals surface area contributed by atoms with Crippen molar-refractivity contribution in [3.63, 3.8) is 0 Å². The van der Waals surface area contributed by atoms with Gasteiger partial charge >= 0.3 is 0 Å². The molecule has 3 heterocycles. The van der Waals surface area contributed by atoms with E-state index in [0.717, 1.165) is 58.5 Å². The molecule has 1 atom stereocenters. The van der Waals surface area contributed by atoms with Crippen molar-refractivity contribution in [1.29, 1.82) is 0 Å². The van der Waals surface area contributed by atoms with Crippen molar-refractivity contribution in [1.82, 2.24) is 4.57 Å². The quantitative estimate of drug-likeness (QED) is 0.171. The number of fused-ring (bicyclic) bond motifs is 16. The Kier molecular flexibility index (Phi) is 8.53. The molecule has 11 aromatic rings. The molecule has 0 bridgehead atoms.